The van der Waals surface area contributed by atoms with Gasteiger partial charge in [0.05, 0.1) is 22.9 Å². The fraction of sp³-hybridized carbons (Fsp3) is 0.258. The van der Waals surface area contributed by atoms with Gasteiger partial charge in [-0.25, -0.2) is 4.98 Å². The second-order valence-corrected chi connectivity index (χ2v) is 10.8. The Kier molecular flexibility index (Phi) is 7.41. The first-order chi connectivity index (χ1) is 20.8. The molecule has 1 atom stereocenters. The van der Waals surface area contributed by atoms with Crippen molar-refractivity contribution in [2.75, 3.05) is 5.32 Å². The maximum absolute atomic E-state index is 13.4. The number of fused-ring (bicyclic) bond motifs is 2. The zero-order valence-corrected chi connectivity index (χ0v) is 23.3. The van der Waals surface area contributed by atoms with Crippen LogP contribution >= 0.6 is 0 Å². The Morgan fingerprint density at radius 3 is 2.58 bits per heavy atom. The lowest BCUT2D eigenvalue weighted by atomic mass is 9.95. The number of hydrogen-bond donors (Lipinski definition) is 5. The highest BCUT2D eigenvalue weighted by atomic mass is 16.3. The summed E-state index contributed by atoms with van der Waals surface area (Å²) in [6.07, 6.45) is 10.7. The minimum atomic E-state index is -1.11. The number of anilines is 1. The van der Waals surface area contributed by atoms with Gasteiger partial charge in [0.1, 0.15) is 18.1 Å². The second kappa shape index (κ2) is 11.5. The standard InChI is InChI=1S/C31H31N7O5/c32-27(39)25(13-19-15-34-23-8-7-20(14-22(19)23)35-31(42)28(33)40)37-30(41)17-6-9-26-24(12-17)36-29(18-10-11-43-16-18)38(26)21-4-2-1-3-5-21/h6-12,14-16,21,25,34H,1-5,13H2,(H2,32,39)(H2,33,40)(H,35,42)(H,37,41)/t25-/m0/s1. The molecule has 3 heterocycles. The lowest BCUT2D eigenvalue weighted by Crippen LogP contribution is -2.45. The molecule has 0 spiro atoms. The van der Waals surface area contributed by atoms with Crippen molar-refractivity contribution >= 4 is 51.3 Å². The topological polar surface area (TPSA) is 191 Å². The summed E-state index contributed by atoms with van der Waals surface area (Å²) < 4.78 is 7.59. The summed E-state index contributed by atoms with van der Waals surface area (Å²) in [6.45, 7) is 0. The summed E-state index contributed by atoms with van der Waals surface area (Å²) in [5, 5.41) is 5.88. The largest absolute Gasteiger partial charge is 0.472 e. The number of carbonyl (C=O) groups excluding carboxylic acids is 4. The fourth-order valence-electron chi connectivity index (χ4n) is 5.85. The van der Waals surface area contributed by atoms with Crippen molar-refractivity contribution in [2.45, 2.75) is 50.6 Å². The van der Waals surface area contributed by atoms with Crippen molar-refractivity contribution in [3.63, 3.8) is 0 Å². The van der Waals surface area contributed by atoms with Gasteiger partial charge in [0.15, 0.2) is 0 Å². The molecular formula is C31H31N7O5. The predicted molar refractivity (Wildman–Crippen MR) is 160 cm³/mol. The lowest BCUT2D eigenvalue weighted by molar-refractivity contribution is -0.134. The minimum Gasteiger partial charge on any atom is -0.472 e. The highest BCUT2D eigenvalue weighted by molar-refractivity contribution is 6.39. The van der Waals surface area contributed by atoms with Crippen molar-refractivity contribution in [1.82, 2.24) is 19.9 Å². The highest BCUT2D eigenvalue weighted by Crippen LogP contribution is 2.36. The molecular weight excluding hydrogens is 550 g/mol. The maximum Gasteiger partial charge on any atom is 0.313 e. The minimum absolute atomic E-state index is 0.0947. The van der Waals surface area contributed by atoms with E-state index >= 15 is 0 Å². The first-order valence-corrected chi connectivity index (χ1v) is 14.1. The Hall–Kier alpha value is -5.39. The number of primary amides is 2. The summed E-state index contributed by atoms with van der Waals surface area (Å²) in [6, 6.07) is 11.5. The van der Waals surface area contributed by atoms with E-state index in [9.17, 15) is 19.2 Å². The molecule has 0 saturated heterocycles. The molecule has 6 rings (SSSR count). The van der Waals surface area contributed by atoms with Crippen LogP contribution in [0, 0.1) is 0 Å². The van der Waals surface area contributed by atoms with Gasteiger partial charge in [-0.3, -0.25) is 19.2 Å². The normalized spacial score (nSPS) is 14.5. The molecule has 1 aliphatic rings. The Labute approximate surface area is 245 Å². The molecule has 220 valence electrons. The SMILES string of the molecule is NC(=O)C(=O)Nc1ccc2[nH]cc(C[C@H](NC(=O)c3ccc4c(c3)nc(-c3ccoc3)n4C3CCCCC3)C(N)=O)c2c1. The average molecular weight is 582 g/mol. The molecule has 7 N–H and O–H groups in total. The number of nitrogens with one attached hydrogen (secondary N) is 3. The van der Waals surface area contributed by atoms with E-state index in [0.29, 0.717) is 33.8 Å². The van der Waals surface area contributed by atoms with E-state index < -0.39 is 29.7 Å². The van der Waals surface area contributed by atoms with Gasteiger partial charge >= 0.3 is 11.8 Å². The van der Waals surface area contributed by atoms with Crippen molar-refractivity contribution in [2.24, 2.45) is 11.5 Å². The number of furan rings is 1. The summed E-state index contributed by atoms with van der Waals surface area (Å²) in [4.78, 5) is 56.7. The number of rotatable bonds is 8. The number of H-pyrrole nitrogens is 1. The van der Waals surface area contributed by atoms with Crippen molar-refractivity contribution in [1.29, 1.82) is 0 Å². The number of aromatic nitrogens is 3. The zero-order chi connectivity index (χ0) is 30.1. The molecule has 12 nitrogen and oxygen atoms in total. The van der Waals surface area contributed by atoms with Gasteiger partial charge in [-0.2, -0.15) is 0 Å². The summed E-state index contributed by atoms with van der Waals surface area (Å²) in [7, 11) is 0. The molecule has 12 heteroatoms. The summed E-state index contributed by atoms with van der Waals surface area (Å²) in [5.41, 5.74) is 15.3. The van der Waals surface area contributed by atoms with Crippen LogP contribution in [0.5, 0.6) is 0 Å². The molecule has 43 heavy (non-hydrogen) atoms. The first kappa shape index (κ1) is 27.8. The van der Waals surface area contributed by atoms with E-state index in [-0.39, 0.29) is 6.42 Å². The first-order valence-electron chi connectivity index (χ1n) is 14.1. The van der Waals surface area contributed by atoms with Crippen LogP contribution in [-0.4, -0.2) is 44.2 Å². The predicted octanol–water partition coefficient (Wildman–Crippen LogP) is 3.53. The van der Waals surface area contributed by atoms with Crippen LogP contribution in [0.3, 0.4) is 0 Å². The van der Waals surface area contributed by atoms with Crippen LogP contribution in [0.2, 0.25) is 0 Å². The van der Waals surface area contributed by atoms with Crippen molar-refractivity contribution in [3.05, 3.63) is 72.3 Å². The van der Waals surface area contributed by atoms with E-state index in [1.54, 1.807) is 49.1 Å². The van der Waals surface area contributed by atoms with Crippen molar-refractivity contribution in [3.8, 4) is 11.4 Å². The number of aromatic amines is 1. The Morgan fingerprint density at radius 2 is 1.86 bits per heavy atom. The quantitative estimate of drug-likeness (QED) is 0.174. The van der Waals surface area contributed by atoms with Gasteiger partial charge in [-0.05, 0) is 60.9 Å². The maximum atomic E-state index is 13.4. The molecule has 0 unspecified atom stereocenters. The third-order valence-electron chi connectivity index (χ3n) is 7.99. The van der Waals surface area contributed by atoms with Gasteiger partial charge in [-0.1, -0.05) is 19.3 Å². The number of benzene rings is 2. The van der Waals surface area contributed by atoms with Gasteiger partial charge in [0, 0.05) is 40.8 Å². The lowest BCUT2D eigenvalue weighted by Gasteiger charge is -2.25. The summed E-state index contributed by atoms with van der Waals surface area (Å²) >= 11 is 0. The fourth-order valence-corrected chi connectivity index (χ4v) is 5.85. The molecule has 4 amide bonds. The van der Waals surface area contributed by atoms with Crippen LogP contribution in [0.1, 0.15) is 54.1 Å². The molecule has 0 radical (unpaired) electrons. The molecule has 5 aromatic rings. The number of amides is 4. The Morgan fingerprint density at radius 1 is 1.05 bits per heavy atom. The van der Waals surface area contributed by atoms with Crippen LogP contribution in [0.25, 0.3) is 33.3 Å². The van der Waals surface area contributed by atoms with Crippen LogP contribution in [0.15, 0.2) is 65.6 Å². The van der Waals surface area contributed by atoms with E-state index in [0.717, 1.165) is 48.1 Å². The molecule has 0 aliphatic heterocycles. The number of nitrogens with zero attached hydrogens (tertiary/aromatic N) is 2. The molecule has 0 bridgehead atoms. The van der Waals surface area contributed by atoms with Crippen LogP contribution < -0.4 is 22.1 Å². The van der Waals surface area contributed by atoms with E-state index in [1.165, 1.54) is 6.42 Å². The zero-order valence-electron chi connectivity index (χ0n) is 23.3. The van der Waals surface area contributed by atoms with Gasteiger partial charge in [0.2, 0.25) is 5.91 Å². The third kappa shape index (κ3) is 5.59. The number of carbonyl (C=O) groups is 4. The molecule has 2 aromatic carbocycles. The van der Waals surface area contributed by atoms with Crippen LogP contribution in [-0.2, 0) is 20.8 Å². The van der Waals surface area contributed by atoms with Crippen LogP contribution in [0.4, 0.5) is 5.69 Å². The van der Waals surface area contributed by atoms with Gasteiger partial charge in [-0.15, -0.1) is 0 Å². The number of imidazole rings is 1. The molecule has 1 saturated carbocycles. The van der Waals surface area contributed by atoms with E-state index in [4.69, 9.17) is 20.9 Å². The van der Waals surface area contributed by atoms with Gasteiger partial charge < -0.3 is 36.1 Å². The Balaban J connectivity index is 1.25. The van der Waals surface area contributed by atoms with E-state index in [1.807, 2.05) is 12.1 Å². The second-order valence-electron chi connectivity index (χ2n) is 10.8. The van der Waals surface area contributed by atoms with Crippen molar-refractivity contribution < 1.29 is 23.6 Å². The van der Waals surface area contributed by atoms with E-state index in [2.05, 4.69) is 20.2 Å². The number of hydrogen-bond acceptors (Lipinski definition) is 6. The Bertz CT molecular complexity index is 1850. The monoisotopic (exact) mass is 581 g/mol. The molecule has 1 aliphatic carbocycles. The molecule has 3 aromatic heterocycles. The third-order valence-corrected chi connectivity index (χ3v) is 7.99. The highest BCUT2D eigenvalue weighted by Gasteiger charge is 2.25. The molecule has 1 fully saturated rings. The summed E-state index contributed by atoms with van der Waals surface area (Å²) in [5.74, 6) is -2.42. The van der Waals surface area contributed by atoms with Gasteiger partial charge in [0.25, 0.3) is 5.91 Å². The smallest absolute Gasteiger partial charge is 0.313 e. The number of nitrogens with two attached hydrogens (primary N) is 2. The average Bonchev–Trinajstić information content (AvgIpc) is 3.75.